The van der Waals surface area contributed by atoms with Crippen LogP contribution in [0.2, 0.25) is 0 Å². The van der Waals surface area contributed by atoms with Crippen molar-refractivity contribution in [3.8, 4) is 5.75 Å². The van der Waals surface area contributed by atoms with Crippen LogP contribution in [0.3, 0.4) is 0 Å². The third-order valence-corrected chi connectivity index (χ3v) is 9.53. The number of ether oxygens (including phenoxy) is 2. The minimum atomic E-state index is -0.788. The van der Waals surface area contributed by atoms with E-state index in [0.29, 0.717) is 6.54 Å². The Balaban J connectivity index is 1.54. The Morgan fingerprint density at radius 3 is 2.07 bits per heavy atom. The van der Waals surface area contributed by atoms with Crippen LogP contribution in [0, 0.1) is 11.6 Å². The third kappa shape index (κ3) is 11.1. The highest BCUT2D eigenvalue weighted by atomic mass is 19.2. The molecule has 0 bridgehead atoms. The summed E-state index contributed by atoms with van der Waals surface area (Å²) in [5, 5.41) is 0. The van der Waals surface area contributed by atoms with Crippen LogP contribution >= 0.6 is 0 Å². The van der Waals surface area contributed by atoms with Crippen LogP contribution in [0.1, 0.15) is 133 Å². The summed E-state index contributed by atoms with van der Waals surface area (Å²) in [5.74, 6) is -0.504. The van der Waals surface area contributed by atoms with Crippen LogP contribution in [-0.4, -0.2) is 49.7 Å². The standard InChI is InChI=1S/C39H59F2N2O2/c1-3-5-7-9-11-12-13-14-16-18-37-33-20-22-38(42-25-28-44-29-26-42)39(45-27-17-15-10-8-6-4-2)34(33)23-24-43(37)31-32-19-21-35(40)36(41)30-32/h19-22,30H,3-18,23-29,31H2,1-2H3/q+1. The molecule has 2 heterocycles. The zero-order valence-electron chi connectivity index (χ0n) is 28.3. The minimum absolute atomic E-state index is 0.586. The van der Waals surface area contributed by atoms with Gasteiger partial charge in [-0.2, -0.15) is 0 Å². The number of benzene rings is 2. The first-order valence-electron chi connectivity index (χ1n) is 18.3. The summed E-state index contributed by atoms with van der Waals surface area (Å²) in [7, 11) is 0. The lowest BCUT2D eigenvalue weighted by Crippen LogP contribution is -2.37. The number of morpholine rings is 1. The van der Waals surface area contributed by atoms with Crippen LogP contribution in [0.5, 0.6) is 5.75 Å². The number of unbranched alkanes of at least 4 members (excludes halogenated alkanes) is 13. The van der Waals surface area contributed by atoms with Crippen molar-refractivity contribution in [2.75, 3.05) is 44.4 Å². The number of nitrogens with zero attached hydrogens (tertiary/aromatic N) is 2. The van der Waals surface area contributed by atoms with E-state index in [-0.39, 0.29) is 0 Å². The molecule has 0 amide bonds. The molecule has 6 heteroatoms. The van der Waals surface area contributed by atoms with Crippen LogP contribution in [0.25, 0.3) is 0 Å². The summed E-state index contributed by atoms with van der Waals surface area (Å²) in [6, 6.07) is 8.90. The monoisotopic (exact) mass is 625 g/mol. The van der Waals surface area contributed by atoms with Crippen molar-refractivity contribution < 1.29 is 22.8 Å². The van der Waals surface area contributed by atoms with E-state index in [4.69, 9.17) is 9.47 Å². The van der Waals surface area contributed by atoms with E-state index in [1.165, 1.54) is 118 Å². The van der Waals surface area contributed by atoms with Crippen LogP contribution in [-0.2, 0) is 17.7 Å². The SMILES string of the molecule is CCCCCCCCCCCC1=[N+](Cc2ccc(F)c(F)c2)CCc2c1ccc(N1CCOCC1)c2OCCCCCCCC. The number of halogens is 2. The molecule has 2 aromatic rings. The van der Waals surface area contributed by atoms with Crippen molar-refractivity contribution in [3.05, 3.63) is 58.7 Å². The van der Waals surface area contributed by atoms with Gasteiger partial charge in [0.2, 0.25) is 0 Å². The first-order chi connectivity index (χ1) is 22.1. The lowest BCUT2D eigenvalue weighted by atomic mass is 9.91. The summed E-state index contributed by atoms with van der Waals surface area (Å²) in [6.45, 7) is 9.94. The third-order valence-electron chi connectivity index (χ3n) is 9.53. The first-order valence-corrected chi connectivity index (χ1v) is 18.3. The van der Waals surface area contributed by atoms with Gasteiger partial charge < -0.3 is 14.4 Å². The van der Waals surface area contributed by atoms with Gasteiger partial charge in [0.1, 0.15) is 12.3 Å². The molecule has 4 rings (SSSR count). The predicted octanol–water partition coefficient (Wildman–Crippen LogP) is 10.0. The summed E-state index contributed by atoms with van der Waals surface area (Å²) in [5.41, 5.74) is 5.92. The van der Waals surface area contributed by atoms with Crippen molar-refractivity contribution in [2.45, 2.75) is 130 Å². The topological polar surface area (TPSA) is 24.7 Å². The fraction of sp³-hybridized carbons (Fsp3) is 0.667. The van der Waals surface area contributed by atoms with Gasteiger partial charge >= 0.3 is 0 Å². The average Bonchev–Trinajstić information content (AvgIpc) is 3.06. The zero-order chi connectivity index (χ0) is 31.7. The van der Waals surface area contributed by atoms with Gasteiger partial charge in [-0.3, -0.25) is 0 Å². The molecule has 0 aliphatic carbocycles. The smallest absolute Gasteiger partial charge is 0.184 e. The molecule has 0 N–H and O–H groups in total. The highest BCUT2D eigenvalue weighted by molar-refractivity contribution is 6.00. The number of fused-ring (bicyclic) bond motifs is 1. The maximum absolute atomic E-state index is 14.2. The van der Waals surface area contributed by atoms with Gasteiger partial charge in [0.05, 0.1) is 25.5 Å². The summed E-state index contributed by atoms with van der Waals surface area (Å²) < 4.78 is 42.7. The molecular formula is C39H59F2N2O2+. The maximum Gasteiger partial charge on any atom is 0.184 e. The van der Waals surface area contributed by atoms with E-state index in [1.54, 1.807) is 6.07 Å². The second-order valence-electron chi connectivity index (χ2n) is 13.1. The second-order valence-corrected chi connectivity index (χ2v) is 13.1. The predicted molar refractivity (Wildman–Crippen MR) is 183 cm³/mol. The molecule has 45 heavy (non-hydrogen) atoms. The molecule has 0 spiro atoms. The quantitative estimate of drug-likeness (QED) is 0.102. The molecule has 2 aliphatic rings. The van der Waals surface area contributed by atoms with Crippen molar-refractivity contribution in [3.63, 3.8) is 0 Å². The Morgan fingerprint density at radius 2 is 1.40 bits per heavy atom. The zero-order valence-corrected chi connectivity index (χ0v) is 28.3. The lowest BCUT2D eigenvalue weighted by molar-refractivity contribution is -0.545. The van der Waals surface area contributed by atoms with E-state index in [0.717, 1.165) is 76.5 Å². The molecule has 1 saturated heterocycles. The number of hydrogen-bond acceptors (Lipinski definition) is 3. The van der Waals surface area contributed by atoms with E-state index in [9.17, 15) is 8.78 Å². The van der Waals surface area contributed by atoms with Crippen LogP contribution in [0.15, 0.2) is 30.3 Å². The van der Waals surface area contributed by atoms with E-state index < -0.39 is 11.6 Å². The van der Waals surface area contributed by atoms with Gasteiger partial charge in [-0.1, -0.05) is 97.3 Å². The first kappa shape index (κ1) is 35.4. The summed E-state index contributed by atoms with van der Waals surface area (Å²) >= 11 is 0. The van der Waals surface area contributed by atoms with Crippen molar-refractivity contribution >= 4 is 11.4 Å². The highest BCUT2D eigenvalue weighted by Crippen LogP contribution is 2.38. The second kappa shape index (κ2) is 19.9. The van der Waals surface area contributed by atoms with Crippen molar-refractivity contribution in [1.82, 2.24) is 0 Å². The van der Waals surface area contributed by atoms with E-state index in [1.807, 2.05) is 0 Å². The number of hydrogen-bond donors (Lipinski definition) is 0. The molecule has 2 aromatic carbocycles. The fourth-order valence-electron chi connectivity index (χ4n) is 6.89. The molecule has 4 nitrogen and oxygen atoms in total. The largest absolute Gasteiger partial charge is 0.491 e. The summed E-state index contributed by atoms with van der Waals surface area (Å²) in [6.07, 6.45) is 21.0. The molecule has 0 aromatic heterocycles. The van der Waals surface area contributed by atoms with Crippen molar-refractivity contribution in [1.29, 1.82) is 0 Å². The van der Waals surface area contributed by atoms with Gasteiger partial charge in [0.15, 0.2) is 23.9 Å². The molecule has 0 radical (unpaired) electrons. The molecule has 0 saturated carbocycles. The Bertz CT molecular complexity index is 1190. The van der Waals surface area contributed by atoms with Crippen molar-refractivity contribution in [2.24, 2.45) is 0 Å². The van der Waals surface area contributed by atoms with Gasteiger partial charge in [-0.25, -0.2) is 13.4 Å². The Labute approximate surface area is 272 Å². The summed E-state index contributed by atoms with van der Waals surface area (Å²) in [4.78, 5) is 2.42. The van der Waals surface area contributed by atoms with Gasteiger partial charge in [-0.15, -0.1) is 0 Å². The molecule has 2 aliphatic heterocycles. The molecular weight excluding hydrogens is 566 g/mol. The lowest BCUT2D eigenvalue weighted by Gasteiger charge is -2.32. The van der Waals surface area contributed by atoms with E-state index >= 15 is 0 Å². The van der Waals surface area contributed by atoms with Gasteiger partial charge in [0, 0.05) is 42.6 Å². The van der Waals surface area contributed by atoms with Gasteiger partial charge in [-0.05, 0) is 43.2 Å². The van der Waals surface area contributed by atoms with Crippen LogP contribution < -0.4 is 9.64 Å². The fourth-order valence-corrected chi connectivity index (χ4v) is 6.89. The van der Waals surface area contributed by atoms with Gasteiger partial charge in [0.25, 0.3) is 0 Å². The molecule has 0 unspecified atom stereocenters. The molecule has 0 atom stereocenters. The average molecular weight is 626 g/mol. The Hall–Kier alpha value is -2.47. The normalized spacial score (nSPS) is 15.1. The number of anilines is 1. The minimum Gasteiger partial charge on any atom is -0.491 e. The molecule has 1 fully saturated rings. The Morgan fingerprint density at radius 1 is 0.756 bits per heavy atom. The highest BCUT2D eigenvalue weighted by Gasteiger charge is 2.31. The maximum atomic E-state index is 14.2. The Kier molecular flexibility index (Phi) is 15.7. The molecule has 250 valence electrons. The number of rotatable bonds is 21. The van der Waals surface area contributed by atoms with Crippen LogP contribution in [0.4, 0.5) is 14.5 Å². The van der Waals surface area contributed by atoms with E-state index in [2.05, 4.69) is 35.5 Å².